The highest BCUT2D eigenvalue weighted by molar-refractivity contribution is 7.85. The minimum atomic E-state index is -4.59. The molecule has 28 heavy (non-hydrogen) atoms. The lowest BCUT2D eigenvalue weighted by molar-refractivity contribution is 0.472. The Hall–Kier alpha value is -3.49. The van der Waals surface area contributed by atoms with Gasteiger partial charge in [-0.15, -0.1) is 10.2 Å². The van der Waals surface area contributed by atoms with Crippen LogP contribution in [0.1, 0.15) is 0 Å². The largest absolute Gasteiger partial charge is 0.332 e. The zero-order chi connectivity index (χ0) is 19.6. The summed E-state index contributed by atoms with van der Waals surface area (Å²) < 4.78 is 32.4. The van der Waals surface area contributed by atoms with Gasteiger partial charge in [-0.1, -0.05) is 60.7 Å². The summed E-state index contributed by atoms with van der Waals surface area (Å²) in [6.45, 7) is 0. The molecule has 0 aliphatic carbocycles. The van der Waals surface area contributed by atoms with E-state index < -0.39 is 15.3 Å². The summed E-state index contributed by atoms with van der Waals surface area (Å²) in [5.74, 6) is 0. The number of benzene rings is 2. The van der Waals surface area contributed by atoms with E-state index in [1.807, 2.05) is 48.5 Å². The van der Waals surface area contributed by atoms with Crippen LogP contribution in [0.2, 0.25) is 0 Å². The lowest BCUT2D eigenvalue weighted by Gasteiger charge is -2.12. The van der Waals surface area contributed by atoms with Crippen LogP contribution in [-0.4, -0.2) is 33.1 Å². The molecule has 0 fully saturated rings. The number of hydrogen-bond acceptors (Lipinski definition) is 6. The van der Waals surface area contributed by atoms with E-state index >= 15 is 0 Å². The topological polar surface area (TPSA) is 106 Å². The Kier molecular flexibility index (Phi) is 4.64. The standard InChI is InChI=1S/C20H14N4O3S/c25-28(26,27)20-22-18(14-8-2-1-3-9-14)19(23-24-20)16-11-5-4-10-15(16)17-12-6-7-13-21-17/h1-13H,(H,25,26,27). The fourth-order valence-corrected chi connectivity index (χ4v) is 3.18. The summed E-state index contributed by atoms with van der Waals surface area (Å²) in [7, 11) is -4.59. The molecule has 2 aromatic heterocycles. The van der Waals surface area contributed by atoms with Gasteiger partial charge in [-0.3, -0.25) is 9.54 Å². The molecule has 4 rings (SSSR count). The monoisotopic (exact) mass is 390 g/mol. The second-order valence-electron chi connectivity index (χ2n) is 5.89. The van der Waals surface area contributed by atoms with E-state index in [0.717, 1.165) is 11.3 Å². The van der Waals surface area contributed by atoms with Crippen LogP contribution in [0.25, 0.3) is 33.8 Å². The first-order valence-electron chi connectivity index (χ1n) is 8.32. The van der Waals surface area contributed by atoms with Crippen LogP contribution >= 0.6 is 0 Å². The van der Waals surface area contributed by atoms with Crippen molar-refractivity contribution >= 4 is 10.1 Å². The van der Waals surface area contributed by atoms with Crippen LogP contribution in [0, 0.1) is 0 Å². The Morgan fingerprint density at radius 1 is 0.714 bits per heavy atom. The molecule has 0 aliphatic heterocycles. The molecule has 8 heteroatoms. The molecule has 0 saturated heterocycles. The molecule has 0 atom stereocenters. The molecule has 2 aromatic carbocycles. The zero-order valence-corrected chi connectivity index (χ0v) is 15.3. The molecule has 0 radical (unpaired) electrons. The van der Waals surface area contributed by atoms with Gasteiger partial charge >= 0.3 is 10.1 Å². The summed E-state index contributed by atoms with van der Waals surface area (Å²) in [4.78, 5) is 8.48. The second-order valence-corrected chi connectivity index (χ2v) is 7.21. The summed E-state index contributed by atoms with van der Waals surface area (Å²) in [6.07, 6.45) is 1.69. The maximum atomic E-state index is 11.5. The fourth-order valence-electron chi connectivity index (χ4n) is 2.83. The number of hydrogen-bond donors (Lipinski definition) is 1. The van der Waals surface area contributed by atoms with Crippen molar-refractivity contribution in [2.24, 2.45) is 0 Å². The molecule has 2 heterocycles. The van der Waals surface area contributed by atoms with Crippen LogP contribution in [0.4, 0.5) is 0 Å². The fraction of sp³-hybridized carbons (Fsp3) is 0. The lowest BCUT2D eigenvalue weighted by atomic mass is 9.98. The zero-order valence-electron chi connectivity index (χ0n) is 14.5. The maximum absolute atomic E-state index is 11.5. The number of pyridine rings is 1. The molecule has 0 saturated carbocycles. The van der Waals surface area contributed by atoms with Crippen LogP contribution < -0.4 is 0 Å². The van der Waals surface area contributed by atoms with E-state index in [9.17, 15) is 13.0 Å². The third kappa shape index (κ3) is 3.51. The third-order valence-electron chi connectivity index (χ3n) is 4.07. The third-order valence-corrected chi connectivity index (χ3v) is 4.70. The first-order chi connectivity index (χ1) is 13.5. The average Bonchev–Trinajstić information content (AvgIpc) is 2.74. The predicted octanol–water partition coefficient (Wildman–Crippen LogP) is 3.51. The Morgan fingerprint density at radius 3 is 2.07 bits per heavy atom. The van der Waals surface area contributed by atoms with Crippen molar-refractivity contribution < 1.29 is 13.0 Å². The van der Waals surface area contributed by atoms with E-state index in [1.54, 1.807) is 30.5 Å². The van der Waals surface area contributed by atoms with Crippen molar-refractivity contribution in [3.8, 4) is 33.8 Å². The normalized spacial score (nSPS) is 11.3. The number of rotatable bonds is 4. The highest BCUT2D eigenvalue weighted by Gasteiger charge is 2.21. The summed E-state index contributed by atoms with van der Waals surface area (Å²) >= 11 is 0. The van der Waals surface area contributed by atoms with Crippen molar-refractivity contribution in [2.75, 3.05) is 0 Å². The van der Waals surface area contributed by atoms with Crippen LogP contribution in [0.3, 0.4) is 0 Å². The van der Waals surface area contributed by atoms with Crippen molar-refractivity contribution in [3.63, 3.8) is 0 Å². The number of nitrogens with zero attached hydrogens (tertiary/aromatic N) is 4. The molecular formula is C20H14N4O3S. The Labute approximate surface area is 161 Å². The molecule has 1 N–H and O–H groups in total. The Bertz CT molecular complexity index is 1230. The Balaban J connectivity index is 2.00. The smallest absolute Gasteiger partial charge is 0.279 e. The predicted molar refractivity (Wildman–Crippen MR) is 104 cm³/mol. The van der Waals surface area contributed by atoms with Gasteiger partial charge in [0.1, 0.15) is 11.4 Å². The van der Waals surface area contributed by atoms with Crippen molar-refractivity contribution in [1.29, 1.82) is 0 Å². The van der Waals surface area contributed by atoms with E-state index in [4.69, 9.17) is 0 Å². The molecule has 4 aromatic rings. The second kappa shape index (κ2) is 7.26. The molecule has 0 spiro atoms. The lowest BCUT2D eigenvalue weighted by Crippen LogP contribution is -2.09. The van der Waals surface area contributed by atoms with Gasteiger partial charge < -0.3 is 0 Å². The van der Waals surface area contributed by atoms with Crippen molar-refractivity contribution in [3.05, 3.63) is 79.0 Å². The molecular weight excluding hydrogens is 376 g/mol. The highest BCUT2D eigenvalue weighted by atomic mass is 32.2. The molecule has 138 valence electrons. The molecule has 0 aliphatic rings. The molecule has 0 amide bonds. The number of aromatic nitrogens is 4. The van der Waals surface area contributed by atoms with Gasteiger partial charge in [-0.05, 0) is 12.1 Å². The van der Waals surface area contributed by atoms with Gasteiger partial charge in [0.15, 0.2) is 0 Å². The SMILES string of the molecule is O=S(=O)(O)c1nnc(-c2ccccc2-c2ccccn2)c(-c2ccccc2)n1. The summed E-state index contributed by atoms with van der Waals surface area (Å²) in [5, 5.41) is 6.98. The molecule has 0 unspecified atom stereocenters. The first-order valence-corrected chi connectivity index (χ1v) is 9.76. The highest BCUT2D eigenvalue weighted by Crippen LogP contribution is 2.34. The van der Waals surface area contributed by atoms with Crippen LogP contribution in [0.15, 0.2) is 84.1 Å². The van der Waals surface area contributed by atoms with Gasteiger partial charge in [0.25, 0.3) is 5.16 Å². The van der Waals surface area contributed by atoms with Gasteiger partial charge in [-0.2, -0.15) is 8.42 Å². The first kappa shape index (κ1) is 17.9. The quantitative estimate of drug-likeness (QED) is 0.531. The van der Waals surface area contributed by atoms with Gasteiger partial charge in [0.2, 0.25) is 0 Å². The van der Waals surface area contributed by atoms with Gasteiger partial charge in [0, 0.05) is 22.9 Å². The van der Waals surface area contributed by atoms with Gasteiger partial charge in [0.05, 0.1) is 5.69 Å². The average molecular weight is 390 g/mol. The summed E-state index contributed by atoms with van der Waals surface area (Å²) in [5.41, 5.74) is 3.57. The van der Waals surface area contributed by atoms with E-state index in [1.165, 1.54) is 0 Å². The van der Waals surface area contributed by atoms with Crippen LogP contribution in [0.5, 0.6) is 0 Å². The minimum Gasteiger partial charge on any atom is -0.279 e. The van der Waals surface area contributed by atoms with E-state index in [2.05, 4.69) is 20.2 Å². The minimum absolute atomic E-state index is 0.298. The Morgan fingerprint density at radius 2 is 1.39 bits per heavy atom. The van der Waals surface area contributed by atoms with Crippen molar-refractivity contribution in [2.45, 2.75) is 5.16 Å². The molecule has 7 nitrogen and oxygen atoms in total. The van der Waals surface area contributed by atoms with E-state index in [-0.39, 0.29) is 0 Å². The summed E-state index contributed by atoms with van der Waals surface area (Å²) in [6, 6.07) is 22.0. The van der Waals surface area contributed by atoms with Gasteiger partial charge in [-0.25, -0.2) is 4.98 Å². The van der Waals surface area contributed by atoms with Crippen molar-refractivity contribution in [1.82, 2.24) is 20.2 Å². The van der Waals surface area contributed by atoms with E-state index in [0.29, 0.717) is 22.5 Å². The molecule has 0 bridgehead atoms. The van der Waals surface area contributed by atoms with Crippen LogP contribution in [-0.2, 0) is 10.1 Å². The maximum Gasteiger partial charge on any atom is 0.332 e.